The molecule has 1 nitrogen and oxygen atoms in total. The highest BCUT2D eigenvalue weighted by atomic mass is 32.2. The summed E-state index contributed by atoms with van der Waals surface area (Å²) in [7, 11) is 0. The Morgan fingerprint density at radius 2 is 2.07 bits per heavy atom. The van der Waals surface area contributed by atoms with E-state index in [0.29, 0.717) is 11.2 Å². The van der Waals surface area contributed by atoms with E-state index in [1.165, 1.54) is 44.3 Å². The quantitative estimate of drug-likeness (QED) is 0.518. The maximum Gasteiger partial charge on any atom is 0.0667 e. The van der Waals surface area contributed by atoms with Crippen LogP contribution in [0.1, 0.15) is 51.9 Å². The van der Waals surface area contributed by atoms with Crippen LogP contribution in [0.5, 0.6) is 0 Å². The first kappa shape index (κ1) is 11.9. The van der Waals surface area contributed by atoms with E-state index in [2.05, 4.69) is 13.0 Å². The van der Waals surface area contributed by atoms with Gasteiger partial charge in [0.05, 0.1) is 12.0 Å². The van der Waals surface area contributed by atoms with E-state index < -0.39 is 0 Å². The summed E-state index contributed by atoms with van der Waals surface area (Å²) in [5.74, 6) is 1.58. The molecule has 0 saturated heterocycles. The summed E-state index contributed by atoms with van der Waals surface area (Å²) in [4.78, 5) is 0. The average molecular weight is 211 g/mol. The van der Waals surface area contributed by atoms with Crippen LogP contribution in [0.25, 0.3) is 0 Å². The van der Waals surface area contributed by atoms with Gasteiger partial charge in [-0.25, -0.2) is 0 Å². The number of unbranched alkanes of at least 4 members (excludes halogenated alkanes) is 1. The lowest BCUT2D eigenvalue weighted by Gasteiger charge is -2.18. The van der Waals surface area contributed by atoms with E-state index in [1.54, 1.807) is 0 Å². The first-order valence-corrected chi connectivity index (χ1v) is 6.94. The second-order valence-corrected chi connectivity index (χ2v) is 5.48. The molecule has 0 heterocycles. The molecule has 2 atom stereocenters. The van der Waals surface area contributed by atoms with Gasteiger partial charge in [-0.05, 0) is 25.0 Å². The second kappa shape index (κ2) is 7.17. The third-order valence-electron chi connectivity index (χ3n) is 2.95. The van der Waals surface area contributed by atoms with Crippen molar-refractivity contribution in [2.24, 2.45) is 5.92 Å². The predicted octanol–water partition coefficient (Wildman–Crippen LogP) is 3.99. The molecule has 1 fully saturated rings. The van der Waals surface area contributed by atoms with Crippen LogP contribution in [-0.2, 0) is 0 Å². The predicted molar refractivity (Wildman–Crippen MR) is 63.3 cm³/mol. The van der Waals surface area contributed by atoms with Gasteiger partial charge >= 0.3 is 0 Å². The fourth-order valence-corrected chi connectivity index (χ4v) is 3.52. The molecule has 0 radical (unpaired) electrons. The molecule has 0 N–H and O–H groups in total. The zero-order valence-electron chi connectivity index (χ0n) is 9.17. The van der Waals surface area contributed by atoms with Crippen molar-refractivity contribution in [1.82, 2.24) is 0 Å². The molecule has 2 unspecified atom stereocenters. The van der Waals surface area contributed by atoms with Crippen LogP contribution in [0.2, 0.25) is 0 Å². The lowest BCUT2D eigenvalue weighted by molar-refractivity contribution is 0.585. The Morgan fingerprint density at radius 3 is 2.79 bits per heavy atom. The Labute approximate surface area is 92.3 Å². The van der Waals surface area contributed by atoms with Gasteiger partial charge < -0.3 is 0 Å². The lowest BCUT2D eigenvalue weighted by atomic mass is 10.0. The minimum absolute atomic E-state index is 0.333. The number of rotatable bonds is 4. The Balaban J connectivity index is 2.33. The number of nitrogens with zero attached hydrogens (tertiary/aromatic N) is 1. The van der Waals surface area contributed by atoms with Gasteiger partial charge in [0, 0.05) is 5.25 Å². The van der Waals surface area contributed by atoms with Crippen molar-refractivity contribution in [3.05, 3.63) is 0 Å². The van der Waals surface area contributed by atoms with Gasteiger partial charge in [0.15, 0.2) is 0 Å². The van der Waals surface area contributed by atoms with Crippen LogP contribution in [0.15, 0.2) is 0 Å². The summed E-state index contributed by atoms with van der Waals surface area (Å²) in [6, 6.07) is 2.50. The first-order chi connectivity index (χ1) is 6.88. The molecular formula is C12H21NS. The van der Waals surface area contributed by atoms with Crippen molar-refractivity contribution in [1.29, 1.82) is 5.26 Å². The zero-order valence-corrected chi connectivity index (χ0v) is 9.98. The third-order valence-corrected chi connectivity index (χ3v) is 4.46. The summed E-state index contributed by atoms with van der Waals surface area (Å²) >= 11 is 2.05. The first-order valence-electron chi connectivity index (χ1n) is 5.89. The molecule has 0 aromatic carbocycles. The van der Waals surface area contributed by atoms with E-state index in [1.807, 2.05) is 11.8 Å². The summed E-state index contributed by atoms with van der Waals surface area (Å²) in [5, 5.41) is 9.71. The van der Waals surface area contributed by atoms with Gasteiger partial charge in [-0.3, -0.25) is 0 Å². The normalized spacial score (nSPS) is 28.0. The lowest BCUT2D eigenvalue weighted by Crippen LogP contribution is -2.14. The van der Waals surface area contributed by atoms with Gasteiger partial charge in [0.25, 0.3) is 0 Å². The molecule has 0 aromatic heterocycles. The largest absolute Gasteiger partial charge is 0.198 e. The van der Waals surface area contributed by atoms with E-state index in [0.717, 1.165) is 6.42 Å². The zero-order chi connectivity index (χ0) is 10.2. The molecule has 80 valence electrons. The van der Waals surface area contributed by atoms with Crippen molar-refractivity contribution >= 4 is 11.8 Å². The van der Waals surface area contributed by atoms with Gasteiger partial charge in [0.1, 0.15) is 0 Å². The third kappa shape index (κ3) is 3.92. The molecule has 1 rings (SSSR count). The summed E-state index contributed by atoms with van der Waals surface area (Å²) in [5.41, 5.74) is 0. The summed E-state index contributed by atoms with van der Waals surface area (Å²) < 4.78 is 0. The highest BCUT2D eigenvalue weighted by Gasteiger charge is 2.23. The topological polar surface area (TPSA) is 23.8 Å². The van der Waals surface area contributed by atoms with Crippen molar-refractivity contribution in [3.8, 4) is 6.07 Å². The second-order valence-electron chi connectivity index (χ2n) is 4.14. The molecular weight excluding hydrogens is 190 g/mol. The summed E-state index contributed by atoms with van der Waals surface area (Å²) in [6.45, 7) is 2.23. The Morgan fingerprint density at radius 1 is 1.29 bits per heavy atom. The van der Waals surface area contributed by atoms with Crippen LogP contribution in [0.3, 0.4) is 0 Å². The highest BCUT2D eigenvalue weighted by Crippen LogP contribution is 2.32. The molecule has 0 spiro atoms. The summed E-state index contributed by atoms with van der Waals surface area (Å²) in [6.07, 6.45) is 8.93. The SMILES string of the molecule is CCCCSC1CCCCCC1C#N. The van der Waals surface area contributed by atoms with Gasteiger partial charge in [-0.1, -0.05) is 32.6 Å². The maximum atomic E-state index is 9.08. The minimum atomic E-state index is 0.333. The van der Waals surface area contributed by atoms with Gasteiger partial charge in [-0.15, -0.1) is 0 Å². The van der Waals surface area contributed by atoms with Crippen molar-refractivity contribution < 1.29 is 0 Å². The maximum absolute atomic E-state index is 9.08. The Bertz CT molecular complexity index is 185. The van der Waals surface area contributed by atoms with Crippen LogP contribution < -0.4 is 0 Å². The fraction of sp³-hybridized carbons (Fsp3) is 0.917. The Kier molecular flexibility index (Phi) is 6.10. The van der Waals surface area contributed by atoms with Crippen molar-refractivity contribution in [2.45, 2.75) is 57.1 Å². The number of thioether (sulfide) groups is 1. The van der Waals surface area contributed by atoms with Crippen LogP contribution in [0.4, 0.5) is 0 Å². The van der Waals surface area contributed by atoms with E-state index in [9.17, 15) is 0 Å². The van der Waals surface area contributed by atoms with Crippen molar-refractivity contribution in [2.75, 3.05) is 5.75 Å². The standard InChI is InChI=1S/C12H21NS/c1-2-3-9-14-12-8-6-4-5-7-11(12)10-13/h11-12H,2-9H2,1H3. The van der Waals surface area contributed by atoms with Gasteiger partial charge in [-0.2, -0.15) is 17.0 Å². The van der Waals surface area contributed by atoms with Crippen molar-refractivity contribution in [3.63, 3.8) is 0 Å². The van der Waals surface area contributed by atoms with Crippen LogP contribution in [-0.4, -0.2) is 11.0 Å². The minimum Gasteiger partial charge on any atom is -0.198 e. The van der Waals surface area contributed by atoms with Crippen LogP contribution >= 0.6 is 11.8 Å². The number of hydrogen-bond donors (Lipinski definition) is 0. The smallest absolute Gasteiger partial charge is 0.0667 e. The molecule has 0 aromatic rings. The molecule has 1 saturated carbocycles. The molecule has 0 amide bonds. The van der Waals surface area contributed by atoms with E-state index in [-0.39, 0.29) is 0 Å². The number of nitriles is 1. The Hall–Kier alpha value is -0.160. The number of hydrogen-bond acceptors (Lipinski definition) is 2. The molecule has 14 heavy (non-hydrogen) atoms. The molecule has 0 bridgehead atoms. The highest BCUT2D eigenvalue weighted by molar-refractivity contribution is 7.99. The van der Waals surface area contributed by atoms with Gasteiger partial charge in [0.2, 0.25) is 0 Å². The molecule has 0 aliphatic heterocycles. The fourth-order valence-electron chi connectivity index (χ4n) is 2.00. The average Bonchev–Trinajstić information content (AvgIpc) is 2.43. The molecule has 2 heteroatoms. The van der Waals surface area contributed by atoms with E-state index >= 15 is 0 Å². The molecule has 1 aliphatic carbocycles. The monoisotopic (exact) mass is 211 g/mol. The van der Waals surface area contributed by atoms with E-state index in [4.69, 9.17) is 5.26 Å². The molecule has 1 aliphatic rings. The van der Waals surface area contributed by atoms with Crippen LogP contribution in [0, 0.1) is 17.2 Å².